The van der Waals surface area contributed by atoms with E-state index in [9.17, 15) is 4.79 Å². The van der Waals surface area contributed by atoms with Gasteiger partial charge in [-0.3, -0.25) is 4.79 Å². The largest absolute Gasteiger partial charge is 0.353 e. The Balaban J connectivity index is 2.33. The van der Waals surface area contributed by atoms with Gasteiger partial charge < -0.3 is 5.32 Å². The van der Waals surface area contributed by atoms with E-state index in [1.165, 1.54) is 0 Å². The second kappa shape index (κ2) is 6.19. The molecule has 0 saturated carbocycles. The number of hydrogen-bond acceptors (Lipinski definition) is 2. The van der Waals surface area contributed by atoms with Gasteiger partial charge in [0.1, 0.15) is 0 Å². The van der Waals surface area contributed by atoms with E-state index in [1.54, 1.807) is 6.08 Å². The van der Waals surface area contributed by atoms with Crippen LogP contribution in [-0.4, -0.2) is 22.2 Å². The van der Waals surface area contributed by atoms with Crippen LogP contribution in [0.3, 0.4) is 0 Å². The van der Waals surface area contributed by atoms with Crippen LogP contribution in [0.1, 0.15) is 23.9 Å². The molecular formula is C16H19N3O. The summed E-state index contributed by atoms with van der Waals surface area (Å²) in [6, 6.07) is 9.96. The summed E-state index contributed by atoms with van der Waals surface area (Å²) in [5.41, 5.74) is 3.94. The van der Waals surface area contributed by atoms with Gasteiger partial charge >= 0.3 is 0 Å². The Hall–Kier alpha value is -2.36. The van der Waals surface area contributed by atoms with Crippen molar-refractivity contribution in [3.8, 4) is 5.69 Å². The number of carbonyl (C=O) groups excluding carboxylic acids is 1. The van der Waals surface area contributed by atoms with Crippen LogP contribution >= 0.6 is 0 Å². The predicted molar refractivity (Wildman–Crippen MR) is 80.8 cm³/mol. The predicted octanol–water partition coefficient (Wildman–Crippen LogP) is 2.64. The van der Waals surface area contributed by atoms with Gasteiger partial charge in [0.05, 0.1) is 11.4 Å². The molecule has 0 fully saturated rings. The number of para-hydroxylation sites is 1. The number of nitrogens with zero attached hydrogens (tertiary/aromatic N) is 2. The maximum absolute atomic E-state index is 11.5. The van der Waals surface area contributed by atoms with Crippen LogP contribution in [0, 0.1) is 13.8 Å². The first kappa shape index (κ1) is 14.1. The van der Waals surface area contributed by atoms with Gasteiger partial charge in [0.25, 0.3) is 0 Å². The fraction of sp³-hybridized carbons (Fsp3) is 0.250. The van der Waals surface area contributed by atoms with Crippen LogP contribution in [0.2, 0.25) is 0 Å². The summed E-state index contributed by atoms with van der Waals surface area (Å²) in [5, 5.41) is 7.28. The van der Waals surface area contributed by atoms with E-state index in [0.717, 1.165) is 22.6 Å². The number of hydrogen-bond donors (Lipinski definition) is 1. The van der Waals surface area contributed by atoms with Crippen LogP contribution in [0.4, 0.5) is 0 Å². The Morgan fingerprint density at radius 3 is 2.65 bits per heavy atom. The Kier molecular flexibility index (Phi) is 4.35. The molecule has 0 bridgehead atoms. The maximum Gasteiger partial charge on any atom is 0.243 e. The lowest BCUT2D eigenvalue weighted by Crippen LogP contribution is -2.19. The van der Waals surface area contributed by atoms with Crippen molar-refractivity contribution < 1.29 is 4.79 Å². The first-order chi connectivity index (χ1) is 9.63. The van der Waals surface area contributed by atoms with E-state index in [1.807, 2.05) is 61.9 Å². The fourth-order valence-electron chi connectivity index (χ4n) is 2.11. The zero-order valence-corrected chi connectivity index (χ0v) is 12.1. The molecule has 1 N–H and O–H groups in total. The number of aromatic nitrogens is 2. The number of aryl methyl sites for hydroxylation is 1. The molecule has 20 heavy (non-hydrogen) atoms. The highest BCUT2D eigenvalue weighted by atomic mass is 16.1. The summed E-state index contributed by atoms with van der Waals surface area (Å²) in [6.45, 7) is 6.48. The van der Waals surface area contributed by atoms with Crippen LogP contribution in [0.25, 0.3) is 11.8 Å². The van der Waals surface area contributed by atoms with Crippen molar-refractivity contribution in [2.45, 2.75) is 20.8 Å². The number of rotatable bonds is 4. The van der Waals surface area contributed by atoms with E-state index >= 15 is 0 Å². The lowest BCUT2D eigenvalue weighted by Gasteiger charge is -2.03. The summed E-state index contributed by atoms with van der Waals surface area (Å²) in [5.74, 6) is -0.0845. The second-order valence-electron chi connectivity index (χ2n) is 4.56. The number of benzene rings is 1. The van der Waals surface area contributed by atoms with E-state index in [4.69, 9.17) is 0 Å². The molecule has 0 radical (unpaired) electrons. The standard InChI is InChI=1S/C16H19N3O/c1-4-17-16(20)11-10-15-12(2)18-19(13(15)3)14-8-6-5-7-9-14/h5-11H,4H2,1-3H3,(H,17,20). The molecule has 0 spiro atoms. The molecule has 1 aromatic heterocycles. The van der Waals surface area contributed by atoms with Gasteiger partial charge in [0.2, 0.25) is 5.91 Å². The summed E-state index contributed by atoms with van der Waals surface area (Å²) in [4.78, 5) is 11.5. The highest BCUT2D eigenvalue weighted by molar-refractivity contribution is 5.91. The number of nitrogens with one attached hydrogen (secondary N) is 1. The first-order valence-electron chi connectivity index (χ1n) is 6.71. The molecule has 2 rings (SSSR count). The van der Waals surface area contributed by atoms with Gasteiger partial charge in [-0.15, -0.1) is 0 Å². The van der Waals surface area contributed by atoms with E-state index < -0.39 is 0 Å². The van der Waals surface area contributed by atoms with Crippen LogP contribution in [0.15, 0.2) is 36.4 Å². The molecule has 2 aromatic rings. The van der Waals surface area contributed by atoms with Gasteiger partial charge in [0.15, 0.2) is 0 Å². The zero-order valence-electron chi connectivity index (χ0n) is 12.1. The van der Waals surface area contributed by atoms with Crippen LogP contribution in [-0.2, 0) is 4.79 Å². The van der Waals surface area contributed by atoms with Crippen molar-refractivity contribution in [3.63, 3.8) is 0 Å². The van der Waals surface area contributed by atoms with Crippen molar-refractivity contribution >= 4 is 12.0 Å². The minimum atomic E-state index is -0.0845. The Bertz CT molecular complexity index is 627. The molecule has 104 valence electrons. The summed E-state index contributed by atoms with van der Waals surface area (Å²) < 4.78 is 1.90. The third-order valence-electron chi connectivity index (χ3n) is 3.10. The zero-order chi connectivity index (χ0) is 14.5. The van der Waals surface area contributed by atoms with Crippen molar-refractivity contribution in [1.82, 2.24) is 15.1 Å². The van der Waals surface area contributed by atoms with Gasteiger partial charge in [0, 0.05) is 23.9 Å². The van der Waals surface area contributed by atoms with Crippen molar-refractivity contribution in [1.29, 1.82) is 0 Å². The van der Waals surface area contributed by atoms with Crippen molar-refractivity contribution in [2.24, 2.45) is 0 Å². The minimum Gasteiger partial charge on any atom is -0.353 e. The third-order valence-corrected chi connectivity index (χ3v) is 3.10. The Morgan fingerprint density at radius 1 is 1.30 bits per heavy atom. The normalized spacial score (nSPS) is 10.9. The van der Waals surface area contributed by atoms with Crippen molar-refractivity contribution in [3.05, 3.63) is 53.4 Å². The number of amides is 1. The monoisotopic (exact) mass is 269 g/mol. The average molecular weight is 269 g/mol. The lowest BCUT2D eigenvalue weighted by atomic mass is 10.2. The molecule has 0 unspecified atom stereocenters. The molecule has 1 heterocycles. The first-order valence-corrected chi connectivity index (χ1v) is 6.71. The molecule has 0 aliphatic rings. The minimum absolute atomic E-state index is 0.0845. The molecule has 0 aliphatic carbocycles. The van der Waals surface area contributed by atoms with Gasteiger partial charge in [-0.25, -0.2) is 4.68 Å². The molecule has 0 saturated heterocycles. The van der Waals surface area contributed by atoms with Crippen LogP contribution in [0.5, 0.6) is 0 Å². The van der Waals surface area contributed by atoms with Gasteiger partial charge in [-0.1, -0.05) is 18.2 Å². The lowest BCUT2D eigenvalue weighted by molar-refractivity contribution is -0.116. The van der Waals surface area contributed by atoms with E-state index in [0.29, 0.717) is 6.54 Å². The molecule has 4 nitrogen and oxygen atoms in total. The highest BCUT2D eigenvalue weighted by Gasteiger charge is 2.10. The SMILES string of the molecule is CCNC(=O)C=Cc1c(C)nn(-c2ccccc2)c1C. The highest BCUT2D eigenvalue weighted by Crippen LogP contribution is 2.18. The summed E-state index contributed by atoms with van der Waals surface area (Å²) in [6.07, 6.45) is 3.37. The fourth-order valence-corrected chi connectivity index (χ4v) is 2.11. The third kappa shape index (κ3) is 2.96. The number of carbonyl (C=O) groups is 1. The quantitative estimate of drug-likeness (QED) is 0.867. The van der Waals surface area contributed by atoms with E-state index in [2.05, 4.69) is 10.4 Å². The number of likely N-dealkylation sites (N-methyl/N-ethyl adjacent to an activating group) is 1. The molecule has 0 atom stereocenters. The summed E-state index contributed by atoms with van der Waals surface area (Å²) >= 11 is 0. The average Bonchev–Trinajstić information content (AvgIpc) is 2.73. The molecule has 1 aromatic carbocycles. The van der Waals surface area contributed by atoms with Crippen molar-refractivity contribution in [2.75, 3.05) is 6.54 Å². The molecule has 0 aliphatic heterocycles. The van der Waals surface area contributed by atoms with Gasteiger partial charge in [-0.05, 0) is 39.0 Å². The smallest absolute Gasteiger partial charge is 0.243 e. The Morgan fingerprint density at radius 2 is 2.00 bits per heavy atom. The molecule has 1 amide bonds. The van der Waals surface area contributed by atoms with E-state index in [-0.39, 0.29) is 5.91 Å². The summed E-state index contributed by atoms with van der Waals surface area (Å²) in [7, 11) is 0. The Labute approximate surface area is 119 Å². The second-order valence-corrected chi connectivity index (χ2v) is 4.56. The molecule has 4 heteroatoms. The van der Waals surface area contributed by atoms with Gasteiger partial charge in [-0.2, -0.15) is 5.10 Å². The van der Waals surface area contributed by atoms with Crippen LogP contribution < -0.4 is 5.32 Å². The maximum atomic E-state index is 11.5. The topological polar surface area (TPSA) is 46.9 Å². The molecular weight excluding hydrogens is 250 g/mol.